The second-order valence-electron chi connectivity index (χ2n) is 6.30. The fraction of sp³-hybridized carbons (Fsp3) is 0.353. The highest BCUT2D eigenvalue weighted by atomic mass is 35.5. The lowest BCUT2D eigenvalue weighted by Gasteiger charge is -2.36. The Morgan fingerprint density at radius 1 is 0.933 bits per heavy atom. The first-order valence-corrected chi connectivity index (χ1v) is 9.08. The molecule has 1 fully saturated rings. The predicted molar refractivity (Wildman–Crippen MR) is 97.6 cm³/mol. The number of halogens is 8. The highest BCUT2D eigenvalue weighted by Gasteiger charge is 2.37. The van der Waals surface area contributed by atoms with Gasteiger partial charge >= 0.3 is 12.4 Å². The fourth-order valence-corrected chi connectivity index (χ4v) is 3.48. The Kier molecular flexibility index (Phi) is 5.93. The zero-order valence-corrected chi connectivity index (χ0v) is 16.3. The summed E-state index contributed by atoms with van der Waals surface area (Å²) >= 11 is 11.7. The summed E-state index contributed by atoms with van der Waals surface area (Å²) in [5.41, 5.74) is -2.92. The van der Waals surface area contributed by atoms with Gasteiger partial charge in [-0.2, -0.15) is 31.6 Å². The average Bonchev–Trinajstić information content (AvgIpc) is 2.66. The van der Waals surface area contributed by atoms with E-state index in [-0.39, 0.29) is 42.8 Å². The van der Waals surface area contributed by atoms with Crippen LogP contribution in [-0.2, 0) is 12.4 Å². The number of aromatic nitrogens is 2. The molecule has 2 aromatic heterocycles. The third kappa shape index (κ3) is 4.49. The van der Waals surface area contributed by atoms with E-state index in [1.54, 1.807) is 4.90 Å². The summed E-state index contributed by atoms with van der Waals surface area (Å²) in [5, 5.41) is 8.19. The van der Waals surface area contributed by atoms with Gasteiger partial charge in [0, 0.05) is 32.4 Å². The monoisotopic (exact) mass is 469 g/mol. The Hall–Kier alpha value is -2.45. The number of pyridine rings is 2. The molecule has 13 heteroatoms. The molecule has 0 spiro atoms. The van der Waals surface area contributed by atoms with E-state index in [1.165, 1.54) is 11.0 Å². The van der Waals surface area contributed by atoms with Gasteiger partial charge in [-0.15, -0.1) is 0 Å². The lowest BCUT2D eigenvalue weighted by Crippen LogP contribution is -2.47. The topological polar surface area (TPSA) is 56.1 Å². The van der Waals surface area contributed by atoms with Gasteiger partial charge < -0.3 is 9.80 Å². The van der Waals surface area contributed by atoms with E-state index in [4.69, 9.17) is 28.5 Å². The van der Waals surface area contributed by atoms with Crippen LogP contribution in [0.5, 0.6) is 0 Å². The van der Waals surface area contributed by atoms with Crippen molar-refractivity contribution in [2.45, 2.75) is 12.4 Å². The first-order valence-electron chi connectivity index (χ1n) is 8.32. The van der Waals surface area contributed by atoms with E-state index >= 15 is 0 Å². The Balaban J connectivity index is 1.80. The molecule has 1 aliphatic heterocycles. The van der Waals surface area contributed by atoms with E-state index in [2.05, 4.69) is 9.97 Å². The Morgan fingerprint density at radius 2 is 1.53 bits per heavy atom. The van der Waals surface area contributed by atoms with Gasteiger partial charge in [-0.25, -0.2) is 9.97 Å². The number of hydrogen-bond donors (Lipinski definition) is 0. The maximum absolute atomic E-state index is 13.2. The van der Waals surface area contributed by atoms with Crippen LogP contribution in [0.4, 0.5) is 38.0 Å². The van der Waals surface area contributed by atoms with Crippen molar-refractivity contribution in [2.24, 2.45) is 0 Å². The van der Waals surface area contributed by atoms with E-state index < -0.39 is 34.2 Å². The Labute approximate surface area is 176 Å². The molecule has 0 amide bonds. The van der Waals surface area contributed by atoms with Crippen molar-refractivity contribution in [2.75, 3.05) is 36.0 Å². The van der Waals surface area contributed by atoms with E-state index in [0.29, 0.717) is 6.20 Å². The first kappa shape index (κ1) is 22.2. The molecule has 30 heavy (non-hydrogen) atoms. The molecule has 2 aromatic rings. The number of rotatable bonds is 2. The molecule has 3 heterocycles. The molecule has 0 aliphatic carbocycles. The van der Waals surface area contributed by atoms with Crippen molar-refractivity contribution in [1.29, 1.82) is 5.26 Å². The second-order valence-corrected chi connectivity index (χ2v) is 7.07. The van der Waals surface area contributed by atoms with Gasteiger partial charge in [0.1, 0.15) is 28.4 Å². The molecule has 1 aliphatic rings. The zero-order chi connectivity index (χ0) is 22.3. The number of hydrogen-bond acceptors (Lipinski definition) is 5. The van der Waals surface area contributed by atoms with Crippen LogP contribution in [0.1, 0.15) is 16.7 Å². The lowest BCUT2D eigenvalue weighted by atomic mass is 10.1. The summed E-state index contributed by atoms with van der Waals surface area (Å²) in [4.78, 5) is 10.8. The summed E-state index contributed by atoms with van der Waals surface area (Å²) in [7, 11) is 0. The quantitative estimate of drug-likeness (QED) is 0.456. The van der Waals surface area contributed by atoms with Gasteiger partial charge in [0.05, 0.1) is 16.1 Å². The molecule has 0 bridgehead atoms. The summed E-state index contributed by atoms with van der Waals surface area (Å²) < 4.78 is 78.0. The number of nitriles is 1. The average molecular weight is 470 g/mol. The van der Waals surface area contributed by atoms with Gasteiger partial charge in [-0.3, -0.25) is 0 Å². The SMILES string of the molecule is N#Cc1c(C(F)(F)F)cc(N2CCN(c3ncc(C(F)(F)F)cc3Cl)CC2)nc1Cl. The summed E-state index contributed by atoms with van der Waals surface area (Å²) in [6.07, 6.45) is -8.69. The van der Waals surface area contributed by atoms with Gasteiger partial charge in [-0.05, 0) is 12.1 Å². The molecule has 0 N–H and O–H groups in total. The van der Waals surface area contributed by atoms with Gasteiger partial charge in [0.2, 0.25) is 0 Å². The van der Waals surface area contributed by atoms with E-state index in [9.17, 15) is 26.3 Å². The summed E-state index contributed by atoms with van der Waals surface area (Å²) in [6.45, 7) is 0.814. The normalized spacial score (nSPS) is 15.3. The van der Waals surface area contributed by atoms with E-state index in [0.717, 1.165) is 12.1 Å². The first-order chi connectivity index (χ1) is 13.9. The van der Waals surface area contributed by atoms with Crippen molar-refractivity contribution in [1.82, 2.24) is 9.97 Å². The van der Waals surface area contributed by atoms with Crippen LogP contribution < -0.4 is 9.80 Å². The molecule has 1 saturated heterocycles. The molecule has 0 unspecified atom stereocenters. The second kappa shape index (κ2) is 8.00. The van der Waals surface area contributed by atoms with E-state index in [1.807, 2.05) is 0 Å². The van der Waals surface area contributed by atoms with Crippen LogP contribution in [0.3, 0.4) is 0 Å². The van der Waals surface area contributed by atoms with Crippen molar-refractivity contribution < 1.29 is 26.3 Å². The minimum Gasteiger partial charge on any atom is -0.353 e. The van der Waals surface area contributed by atoms with Crippen LogP contribution in [0.15, 0.2) is 18.3 Å². The molecule has 5 nitrogen and oxygen atoms in total. The van der Waals surface area contributed by atoms with Crippen molar-refractivity contribution >= 4 is 34.8 Å². The number of piperazine rings is 1. The van der Waals surface area contributed by atoms with Gasteiger partial charge in [0.25, 0.3) is 0 Å². The van der Waals surface area contributed by atoms with Crippen LogP contribution in [0.2, 0.25) is 10.2 Å². The van der Waals surface area contributed by atoms with Crippen LogP contribution in [-0.4, -0.2) is 36.1 Å². The summed E-state index contributed by atoms with van der Waals surface area (Å²) in [6, 6.07) is 2.93. The third-order valence-electron chi connectivity index (χ3n) is 4.43. The predicted octanol–water partition coefficient (Wildman–Crippen LogP) is 5.02. The molecule has 0 atom stereocenters. The zero-order valence-electron chi connectivity index (χ0n) is 14.8. The Bertz CT molecular complexity index is 994. The standard InChI is InChI=1S/C17H11Cl2F6N5/c18-12-5-9(16(20,21)22)8-27-15(12)30-3-1-29(2-4-30)13-6-11(17(23,24)25)10(7-26)14(19)28-13/h5-6,8H,1-4H2. The fourth-order valence-electron chi connectivity index (χ4n) is 2.96. The van der Waals surface area contributed by atoms with Crippen LogP contribution in [0.25, 0.3) is 0 Å². The molecular formula is C17H11Cl2F6N5. The maximum atomic E-state index is 13.2. The highest BCUT2D eigenvalue weighted by molar-refractivity contribution is 6.33. The number of anilines is 2. The van der Waals surface area contributed by atoms with Crippen LogP contribution >= 0.6 is 23.2 Å². The molecule has 3 rings (SSSR count). The minimum atomic E-state index is -4.79. The number of nitrogens with zero attached hydrogens (tertiary/aromatic N) is 5. The third-order valence-corrected chi connectivity index (χ3v) is 4.98. The highest BCUT2D eigenvalue weighted by Crippen LogP contribution is 2.37. The lowest BCUT2D eigenvalue weighted by molar-refractivity contribution is -0.138. The van der Waals surface area contributed by atoms with Crippen molar-refractivity contribution in [3.05, 3.63) is 45.2 Å². The van der Waals surface area contributed by atoms with Gasteiger partial charge in [0.15, 0.2) is 0 Å². The van der Waals surface area contributed by atoms with Crippen molar-refractivity contribution in [3.63, 3.8) is 0 Å². The van der Waals surface area contributed by atoms with Crippen molar-refractivity contribution in [3.8, 4) is 6.07 Å². The Morgan fingerprint density at radius 3 is 2.03 bits per heavy atom. The van der Waals surface area contributed by atoms with Crippen LogP contribution in [0, 0.1) is 11.3 Å². The number of alkyl halides is 6. The molecule has 160 valence electrons. The maximum Gasteiger partial charge on any atom is 0.417 e. The molecule has 0 aromatic carbocycles. The van der Waals surface area contributed by atoms with Gasteiger partial charge in [-0.1, -0.05) is 23.2 Å². The molecular weight excluding hydrogens is 459 g/mol. The molecule has 0 saturated carbocycles. The minimum absolute atomic E-state index is 0.0579. The largest absolute Gasteiger partial charge is 0.417 e. The summed E-state index contributed by atoms with van der Waals surface area (Å²) in [5.74, 6) is 0.0866. The smallest absolute Gasteiger partial charge is 0.353 e. The molecule has 0 radical (unpaired) electrons.